The second kappa shape index (κ2) is 8.18. The highest BCUT2D eigenvalue weighted by Crippen LogP contribution is 2.24. The maximum atomic E-state index is 12.4. The molecular weight excluding hydrogens is 302 g/mol. The Morgan fingerprint density at radius 1 is 1.21 bits per heavy atom. The van der Waals surface area contributed by atoms with Crippen molar-refractivity contribution in [3.8, 4) is 0 Å². The first-order valence-corrected chi connectivity index (χ1v) is 8.89. The fraction of sp³-hybridized carbons (Fsp3) is 0.579. The normalized spacial score (nSPS) is 17.2. The van der Waals surface area contributed by atoms with Crippen molar-refractivity contribution in [1.82, 2.24) is 10.2 Å². The minimum Gasteiger partial charge on any atom is -0.333 e. The second-order valence-electron chi connectivity index (χ2n) is 6.61. The van der Waals surface area contributed by atoms with E-state index in [1.54, 1.807) is 4.90 Å². The lowest BCUT2D eigenvalue weighted by Crippen LogP contribution is -2.46. The number of nitrogens with one attached hydrogen (secondary N) is 1. The molecule has 1 saturated heterocycles. The van der Waals surface area contributed by atoms with Crippen molar-refractivity contribution in [2.45, 2.75) is 53.0 Å². The Morgan fingerprint density at radius 2 is 1.88 bits per heavy atom. The van der Waals surface area contributed by atoms with Crippen molar-refractivity contribution in [2.75, 3.05) is 24.5 Å². The average molecular weight is 331 g/mol. The number of carbonyl (C=O) groups excluding carboxylic acids is 2. The number of carbonyl (C=O) groups is 2. The van der Waals surface area contributed by atoms with Crippen molar-refractivity contribution in [3.63, 3.8) is 0 Å². The average Bonchev–Trinajstić information content (AvgIpc) is 2.90. The lowest BCUT2D eigenvalue weighted by molar-refractivity contribution is -0.117. The van der Waals surface area contributed by atoms with Gasteiger partial charge < -0.3 is 15.1 Å². The summed E-state index contributed by atoms with van der Waals surface area (Å²) in [5.74, 6) is 0.0705. The molecule has 1 heterocycles. The molecule has 1 atom stereocenters. The van der Waals surface area contributed by atoms with Gasteiger partial charge >= 0.3 is 6.03 Å². The maximum absolute atomic E-state index is 12.4. The summed E-state index contributed by atoms with van der Waals surface area (Å²) in [6, 6.07) is 5.87. The van der Waals surface area contributed by atoms with E-state index in [2.05, 4.69) is 26.1 Å². The summed E-state index contributed by atoms with van der Waals surface area (Å²) in [6.07, 6.45) is 2.24. The topological polar surface area (TPSA) is 52.7 Å². The van der Waals surface area contributed by atoms with Crippen molar-refractivity contribution in [1.29, 1.82) is 0 Å². The summed E-state index contributed by atoms with van der Waals surface area (Å²) in [4.78, 5) is 28.4. The van der Waals surface area contributed by atoms with E-state index >= 15 is 0 Å². The highest BCUT2D eigenvalue weighted by molar-refractivity contribution is 5.96. The van der Waals surface area contributed by atoms with Crippen LogP contribution >= 0.6 is 0 Å². The summed E-state index contributed by atoms with van der Waals surface area (Å²) in [7, 11) is 0. The molecule has 0 aliphatic carbocycles. The number of hydrogen-bond donors (Lipinski definition) is 1. The van der Waals surface area contributed by atoms with E-state index in [0.29, 0.717) is 13.0 Å². The van der Waals surface area contributed by atoms with E-state index in [0.717, 1.165) is 31.6 Å². The molecule has 5 nitrogen and oxygen atoms in total. The van der Waals surface area contributed by atoms with Gasteiger partial charge in [-0.1, -0.05) is 19.9 Å². The summed E-state index contributed by atoms with van der Waals surface area (Å²) >= 11 is 0. The molecule has 24 heavy (non-hydrogen) atoms. The van der Waals surface area contributed by atoms with E-state index < -0.39 is 0 Å². The van der Waals surface area contributed by atoms with E-state index in [1.807, 2.05) is 30.0 Å². The van der Waals surface area contributed by atoms with Crippen LogP contribution in [-0.2, 0) is 4.79 Å². The molecule has 5 heteroatoms. The molecule has 0 unspecified atom stereocenters. The van der Waals surface area contributed by atoms with E-state index in [9.17, 15) is 9.59 Å². The molecule has 0 aromatic heterocycles. The molecule has 1 aliphatic heterocycles. The highest BCUT2D eigenvalue weighted by atomic mass is 16.2. The molecule has 1 aromatic carbocycles. The quantitative estimate of drug-likeness (QED) is 0.870. The SMILES string of the molecule is CCCN(CCC)C(=O)N[C@H]1CC(=O)N(c2ccc(C)c(C)c2)C1. The molecule has 2 rings (SSSR count). The second-order valence-corrected chi connectivity index (χ2v) is 6.61. The number of aryl methyl sites for hydroxylation is 2. The molecule has 132 valence electrons. The van der Waals surface area contributed by atoms with Crippen molar-refractivity contribution in [2.24, 2.45) is 0 Å². The van der Waals surface area contributed by atoms with E-state index in [4.69, 9.17) is 0 Å². The summed E-state index contributed by atoms with van der Waals surface area (Å²) < 4.78 is 0. The molecule has 1 aliphatic rings. The smallest absolute Gasteiger partial charge is 0.317 e. The van der Waals surface area contributed by atoms with Gasteiger partial charge in [-0.15, -0.1) is 0 Å². The van der Waals surface area contributed by atoms with Gasteiger partial charge in [-0.2, -0.15) is 0 Å². The Morgan fingerprint density at radius 3 is 2.46 bits per heavy atom. The zero-order valence-corrected chi connectivity index (χ0v) is 15.3. The van der Waals surface area contributed by atoms with E-state index in [1.165, 1.54) is 11.1 Å². The highest BCUT2D eigenvalue weighted by Gasteiger charge is 2.32. The third-order valence-electron chi connectivity index (χ3n) is 4.53. The molecule has 3 amide bonds. The fourth-order valence-corrected chi connectivity index (χ4v) is 3.07. The van der Waals surface area contributed by atoms with Gasteiger partial charge in [0, 0.05) is 31.7 Å². The first kappa shape index (κ1) is 18.3. The fourth-order valence-electron chi connectivity index (χ4n) is 3.07. The molecule has 0 bridgehead atoms. The Hall–Kier alpha value is -2.04. The Labute approximate surface area is 145 Å². The number of benzene rings is 1. The zero-order valence-electron chi connectivity index (χ0n) is 15.3. The van der Waals surface area contributed by atoms with Gasteiger partial charge in [0.25, 0.3) is 0 Å². The van der Waals surface area contributed by atoms with Crippen LogP contribution in [0, 0.1) is 13.8 Å². The van der Waals surface area contributed by atoms with Crippen LogP contribution < -0.4 is 10.2 Å². The van der Waals surface area contributed by atoms with Gasteiger partial charge in [-0.25, -0.2) is 4.79 Å². The summed E-state index contributed by atoms with van der Waals surface area (Å²) in [5, 5.41) is 3.03. The molecular formula is C19H29N3O2. The van der Waals surface area contributed by atoms with Crippen molar-refractivity contribution in [3.05, 3.63) is 29.3 Å². The van der Waals surface area contributed by atoms with Crippen LogP contribution in [0.2, 0.25) is 0 Å². The van der Waals surface area contributed by atoms with Crippen LogP contribution in [0.15, 0.2) is 18.2 Å². The number of nitrogens with zero attached hydrogens (tertiary/aromatic N) is 2. The van der Waals surface area contributed by atoms with Crippen LogP contribution in [-0.4, -0.2) is 42.5 Å². The van der Waals surface area contributed by atoms with Crippen LogP contribution in [0.3, 0.4) is 0 Å². The van der Waals surface area contributed by atoms with Crippen molar-refractivity contribution >= 4 is 17.6 Å². The predicted molar refractivity (Wildman–Crippen MR) is 97.4 cm³/mol. The molecule has 0 saturated carbocycles. The Bertz CT molecular complexity index is 594. The first-order chi connectivity index (χ1) is 11.5. The van der Waals surface area contributed by atoms with Gasteiger partial charge in [0.05, 0.1) is 6.04 Å². The van der Waals surface area contributed by atoms with Crippen LogP contribution in [0.1, 0.15) is 44.2 Å². The summed E-state index contributed by atoms with van der Waals surface area (Å²) in [5.41, 5.74) is 3.30. The van der Waals surface area contributed by atoms with Gasteiger partial charge in [0.15, 0.2) is 0 Å². The lowest BCUT2D eigenvalue weighted by atomic mass is 10.1. The Balaban J connectivity index is 2.01. The largest absolute Gasteiger partial charge is 0.333 e. The third-order valence-corrected chi connectivity index (χ3v) is 4.53. The van der Waals surface area contributed by atoms with Crippen LogP contribution in [0.5, 0.6) is 0 Å². The number of anilines is 1. The standard InChI is InChI=1S/C19H29N3O2/c1-5-9-21(10-6-2)19(24)20-16-12-18(23)22(13-16)17-8-7-14(3)15(4)11-17/h7-8,11,16H,5-6,9-10,12-13H2,1-4H3,(H,20,24)/t16-/m0/s1. The minimum atomic E-state index is -0.122. The van der Waals surface area contributed by atoms with Crippen LogP contribution in [0.25, 0.3) is 0 Å². The Kier molecular flexibility index (Phi) is 6.23. The minimum absolute atomic E-state index is 0.0570. The monoisotopic (exact) mass is 331 g/mol. The third kappa shape index (κ3) is 4.28. The predicted octanol–water partition coefficient (Wildman–Crippen LogP) is 3.24. The molecule has 0 radical (unpaired) electrons. The zero-order chi connectivity index (χ0) is 17.7. The van der Waals surface area contributed by atoms with Gasteiger partial charge in [-0.3, -0.25) is 4.79 Å². The number of hydrogen-bond acceptors (Lipinski definition) is 2. The van der Waals surface area contributed by atoms with Gasteiger partial charge in [0.2, 0.25) is 5.91 Å². The van der Waals surface area contributed by atoms with Gasteiger partial charge in [0.1, 0.15) is 0 Å². The van der Waals surface area contributed by atoms with Crippen LogP contribution in [0.4, 0.5) is 10.5 Å². The first-order valence-electron chi connectivity index (χ1n) is 8.89. The maximum Gasteiger partial charge on any atom is 0.317 e. The van der Waals surface area contributed by atoms with Gasteiger partial charge in [-0.05, 0) is 49.9 Å². The summed E-state index contributed by atoms with van der Waals surface area (Å²) in [6.45, 7) is 10.3. The molecule has 1 aromatic rings. The van der Waals surface area contributed by atoms with Crippen molar-refractivity contribution < 1.29 is 9.59 Å². The molecule has 0 spiro atoms. The lowest BCUT2D eigenvalue weighted by Gasteiger charge is -2.24. The van der Waals surface area contributed by atoms with E-state index in [-0.39, 0.29) is 18.0 Å². The molecule has 1 fully saturated rings. The number of amides is 3. The molecule has 1 N–H and O–H groups in total. The number of rotatable bonds is 6. The number of urea groups is 1.